The lowest BCUT2D eigenvalue weighted by Gasteiger charge is -2.06. The summed E-state index contributed by atoms with van der Waals surface area (Å²) in [5.41, 5.74) is 1.96. The number of benzene rings is 1. The molecule has 0 amide bonds. The Morgan fingerprint density at radius 2 is 2.28 bits per heavy atom. The zero-order valence-electron chi connectivity index (χ0n) is 10.1. The molecular weight excluding hydrogens is 248 g/mol. The van der Waals surface area contributed by atoms with Crippen LogP contribution >= 0.6 is 11.6 Å². The predicted molar refractivity (Wildman–Crippen MR) is 70.1 cm³/mol. The van der Waals surface area contributed by atoms with E-state index >= 15 is 0 Å². The third kappa shape index (κ3) is 2.52. The first-order valence-electron chi connectivity index (χ1n) is 5.85. The maximum absolute atomic E-state index is 9.09. The quantitative estimate of drug-likeness (QED) is 0.848. The Hall–Kier alpha value is -1.86. The summed E-state index contributed by atoms with van der Waals surface area (Å²) in [6.45, 7) is 2.87. The zero-order valence-corrected chi connectivity index (χ0v) is 10.9. The fourth-order valence-corrected chi connectivity index (χ4v) is 1.96. The molecule has 0 atom stereocenters. The zero-order chi connectivity index (χ0) is 13.0. The number of hydrogen-bond donors (Lipinski definition) is 0. The van der Waals surface area contributed by atoms with Gasteiger partial charge in [-0.1, -0.05) is 42.3 Å². The highest BCUT2D eigenvalue weighted by molar-refractivity contribution is 6.30. The van der Waals surface area contributed by atoms with Crippen LogP contribution in [0.3, 0.4) is 0 Å². The van der Waals surface area contributed by atoms with E-state index in [2.05, 4.69) is 23.3 Å². The van der Waals surface area contributed by atoms with E-state index in [9.17, 15) is 0 Å². The standard InChI is InChI=1S/C13H13ClN4/c1-2-3-7-18-13(12(9-15)16-17-18)10-5-4-6-11(14)8-10/h4-6,8H,2-3,7H2,1H3. The van der Waals surface area contributed by atoms with Crippen molar-refractivity contribution in [1.82, 2.24) is 15.0 Å². The van der Waals surface area contributed by atoms with Gasteiger partial charge in [0.05, 0.1) is 0 Å². The van der Waals surface area contributed by atoms with Gasteiger partial charge in [0.2, 0.25) is 0 Å². The van der Waals surface area contributed by atoms with E-state index < -0.39 is 0 Å². The number of aryl methyl sites for hydroxylation is 1. The predicted octanol–water partition coefficient (Wildman–Crippen LogP) is 3.27. The molecule has 0 spiro atoms. The van der Waals surface area contributed by atoms with E-state index in [1.807, 2.05) is 18.2 Å². The molecule has 92 valence electrons. The van der Waals surface area contributed by atoms with Crippen LogP contribution in [-0.2, 0) is 6.54 Å². The fraction of sp³-hybridized carbons (Fsp3) is 0.308. The van der Waals surface area contributed by atoms with Crippen LogP contribution in [0.25, 0.3) is 11.3 Å². The molecule has 2 rings (SSSR count). The van der Waals surface area contributed by atoms with Crippen LogP contribution in [0, 0.1) is 11.3 Å². The summed E-state index contributed by atoms with van der Waals surface area (Å²) in [7, 11) is 0. The molecule has 2 aromatic rings. The maximum atomic E-state index is 9.09. The topological polar surface area (TPSA) is 54.5 Å². The number of halogens is 1. The van der Waals surface area contributed by atoms with E-state index in [4.69, 9.17) is 16.9 Å². The van der Waals surface area contributed by atoms with Crippen molar-refractivity contribution in [2.24, 2.45) is 0 Å². The van der Waals surface area contributed by atoms with Crippen molar-refractivity contribution in [1.29, 1.82) is 5.26 Å². The first kappa shape index (κ1) is 12.6. The lowest BCUT2D eigenvalue weighted by atomic mass is 10.1. The van der Waals surface area contributed by atoms with Gasteiger partial charge >= 0.3 is 0 Å². The summed E-state index contributed by atoms with van der Waals surface area (Å²) >= 11 is 5.98. The Morgan fingerprint density at radius 3 is 2.94 bits per heavy atom. The monoisotopic (exact) mass is 260 g/mol. The number of aromatic nitrogens is 3. The number of rotatable bonds is 4. The second-order valence-electron chi connectivity index (χ2n) is 3.99. The molecule has 0 saturated heterocycles. The average molecular weight is 261 g/mol. The third-order valence-electron chi connectivity index (χ3n) is 2.66. The third-order valence-corrected chi connectivity index (χ3v) is 2.90. The molecule has 0 radical (unpaired) electrons. The van der Waals surface area contributed by atoms with Crippen molar-refractivity contribution < 1.29 is 0 Å². The van der Waals surface area contributed by atoms with E-state index in [-0.39, 0.29) is 0 Å². The van der Waals surface area contributed by atoms with Gasteiger partial charge in [-0.2, -0.15) is 5.26 Å². The molecular formula is C13H13ClN4. The van der Waals surface area contributed by atoms with Gasteiger partial charge in [0.25, 0.3) is 0 Å². The first-order chi connectivity index (χ1) is 8.76. The normalized spacial score (nSPS) is 10.3. The minimum Gasteiger partial charge on any atom is -0.243 e. The SMILES string of the molecule is CCCCn1nnc(C#N)c1-c1cccc(Cl)c1. The minimum absolute atomic E-state index is 0.341. The van der Waals surface area contributed by atoms with Crippen LogP contribution < -0.4 is 0 Å². The Labute approximate surface area is 111 Å². The van der Waals surface area contributed by atoms with Gasteiger partial charge in [0.15, 0.2) is 5.69 Å². The molecule has 0 saturated carbocycles. The lowest BCUT2D eigenvalue weighted by Crippen LogP contribution is -2.02. The Balaban J connectivity index is 2.47. The van der Waals surface area contributed by atoms with Crippen LogP contribution in [0.5, 0.6) is 0 Å². The molecule has 0 aliphatic heterocycles. The van der Waals surface area contributed by atoms with Crippen LogP contribution in [0.1, 0.15) is 25.5 Å². The van der Waals surface area contributed by atoms with E-state index in [0.717, 1.165) is 30.6 Å². The highest BCUT2D eigenvalue weighted by Crippen LogP contribution is 2.24. The Morgan fingerprint density at radius 1 is 1.44 bits per heavy atom. The Bertz CT molecular complexity index is 583. The van der Waals surface area contributed by atoms with Gasteiger partial charge in [0.1, 0.15) is 11.8 Å². The number of nitrogens with zero attached hydrogens (tertiary/aromatic N) is 4. The van der Waals surface area contributed by atoms with Gasteiger partial charge < -0.3 is 0 Å². The molecule has 18 heavy (non-hydrogen) atoms. The average Bonchev–Trinajstić information content (AvgIpc) is 2.79. The fourth-order valence-electron chi connectivity index (χ4n) is 1.77. The highest BCUT2D eigenvalue weighted by atomic mass is 35.5. The van der Waals surface area contributed by atoms with Crippen LogP contribution in [0.2, 0.25) is 5.02 Å². The molecule has 0 aliphatic carbocycles. The molecule has 0 fully saturated rings. The summed E-state index contributed by atoms with van der Waals surface area (Å²) in [4.78, 5) is 0. The van der Waals surface area contributed by atoms with Crippen molar-refractivity contribution in [3.05, 3.63) is 35.0 Å². The molecule has 1 aromatic heterocycles. The molecule has 0 unspecified atom stereocenters. The van der Waals surface area contributed by atoms with Crippen molar-refractivity contribution in [2.45, 2.75) is 26.3 Å². The summed E-state index contributed by atoms with van der Waals surface area (Å²) in [5.74, 6) is 0. The van der Waals surface area contributed by atoms with Crippen molar-refractivity contribution in [2.75, 3.05) is 0 Å². The second-order valence-corrected chi connectivity index (χ2v) is 4.42. The second kappa shape index (κ2) is 5.65. The summed E-state index contributed by atoms with van der Waals surface area (Å²) in [6.07, 6.45) is 2.07. The van der Waals surface area contributed by atoms with Gasteiger partial charge in [-0.25, -0.2) is 4.68 Å². The summed E-state index contributed by atoms with van der Waals surface area (Å²) < 4.78 is 1.77. The van der Waals surface area contributed by atoms with Gasteiger partial charge in [-0.05, 0) is 18.6 Å². The van der Waals surface area contributed by atoms with Gasteiger partial charge in [-0.15, -0.1) is 5.10 Å². The molecule has 1 aromatic carbocycles. The van der Waals surface area contributed by atoms with E-state index in [0.29, 0.717) is 10.7 Å². The lowest BCUT2D eigenvalue weighted by molar-refractivity contribution is 0.557. The molecule has 0 bridgehead atoms. The summed E-state index contributed by atoms with van der Waals surface area (Å²) in [5, 5.41) is 17.7. The molecule has 5 heteroatoms. The largest absolute Gasteiger partial charge is 0.243 e. The van der Waals surface area contributed by atoms with Gasteiger partial charge in [0, 0.05) is 17.1 Å². The summed E-state index contributed by atoms with van der Waals surface area (Å²) in [6, 6.07) is 9.47. The highest BCUT2D eigenvalue weighted by Gasteiger charge is 2.14. The van der Waals surface area contributed by atoms with Crippen LogP contribution in [-0.4, -0.2) is 15.0 Å². The van der Waals surface area contributed by atoms with E-state index in [1.54, 1.807) is 10.7 Å². The van der Waals surface area contributed by atoms with E-state index in [1.165, 1.54) is 0 Å². The molecule has 1 heterocycles. The maximum Gasteiger partial charge on any atom is 0.190 e. The van der Waals surface area contributed by atoms with Crippen molar-refractivity contribution in [3.8, 4) is 17.3 Å². The van der Waals surface area contributed by atoms with Gasteiger partial charge in [-0.3, -0.25) is 0 Å². The first-order valence-corrected chi connectivity index (χ1v) is 6.23. The number of unbranched alkanes of at least 4 members (excludes halogenated alkanes) is 1. The molecule has 0 aliphatic rings. The van der Waals surface area contributed by atoms with Crippen molar-refractivity contribution >= 4 is 11.6 Å². The number of hydrogen-bond acceptors (Lipinski definition) is 3. The van der Waals surface area contributed by atoms with Crippen LogP contribution in [0.15, 0.2) is 24.3 Å². The smallest absolute Gasteiger partial charge is 0.190 e. The minimum atomic E-state index is 0.341. The Kier molecular flexibility index (Phi) is 3.96. The molecule has 4 nitrogen and oxygen atoms in total. The molecule has 0 N–H and O–H groups in total. The van der Waals surface area contributed by atoms with Crippen molar-refractivity contribution in [3.63, 3.8) is 0 Å². The van der Waals surface area contributed by atoms with Crippen LogP contribution in [0.4, 0.5) is 0 Å². The number of nitriles is 1.